The molecule has 42 heavy (non-hydrogen) atoms. The standard InChI is InChI=1S/C35H65N3O4/c1-31(2,3)38-24-35(25-38)23-36(17-18-39-35)26-19-29(20-26)42-34(9,10)14-13-33(7,8)37-15-11-27(12-16-37)40-28-21-30(22-28)41-32(4,5)6/h26-30H,11-25H2,1-10H3. The van der Waals surface area contributed by atoms with E-state index in [-0.39, 0.29) is 27.9 Å². The summed E-state index contributed by atoms with van der Waals surface area (Å²) in [5, 5.41) is 0. The third-order valence-corrected chi connectivity index (χ3v) is 10.9. The van der Waals surface area contributed by atoms with Crippen molar-refractivity contribution in [3.05, 3.63) is 0 Å². The molecule has 2 saturated carbocycles. The molecule has 0 unspecified atom stereocenters. The lowest BCUT2D eigenvalue weighted by molar-refractivity contribution is -0.218. The SMILES string of the molecule is CC(C)(C)OC1CC(OC2CCN(C(C)(C)CCC(C)(C)OC3CC(N4CCOC5(C4)CN(C(C)(C)C)C5)C3)CC2)C1. The summed E-state index contributed by atoms with van der Waals surface area (Å²) in [7, 11) is 0. The van der Waals surface area contributed by atoms with Gasteiger partial charge in [-0.25, -0.2) is 0 Å². The minimum Gasteiger partial charge on any atom is -0.375 e. The molecule has 1 spiro atoms. The monoisotopic (exact) mass is 591 g/mol. The van der Waals surface area contributed by atoms with E-state index < -0.39 is 0 Å². The van der Waals surface area contributed by atoms with Gasteiger partial charge in [0.2, 0.25) is 0 Å². The number of morpholine rings is 1. The molecule has 7 heteroatoms. The summed E-state index contributed by atoms with van der Waals surface area (Å²) < 4.78 is 25.6. The molecule has 0 aromatic heterocycles. The highest BCUT2D eigenvalue weighted by atomic mass is 16.5. The van der Waals surface area contributed by atoms with Crippen molar-refractivity contribution in [2.24, 2.45) is 0 Å². The molecule has 3 aliphatic heterocycles. The highest BCUT2D eigenvalue weighted by Gasteiger charge is 2.52. The van der Waals surface area contributed by atoms with Crippen LogP contribution < -0.4 is 0 Å². The Morgan fingerprint density at radius 3 is 1.88 bits per heavy atom. The molecule has 0 bridgehead atoms. The van der Waals surface area contributed by atoms with Gasteiger partial charge >= 0.3 is 0 Å². The number of ether oxygens (including phenoxy) is 4. The second-order valence-corrected chi connectivity index (χ2v) is 17.7. The molecule has 0 aromatic carbocycles. The Balaban J connectivity index is 0.973. The van der Waals surface area contributed by atoms with E-state index >= 15 is 0 Å². The van der Waals surface area contributed by atoms with E-state index in [9.17, 15) is 0 Å². The van der Waals surface area contributed by atoms with Gasteiger partial charge in [0.15, 0.2) is 0 Å². The largest absolute Gasteiger partial charge is 0.375 e. The van der Waals surface area contributed by atoms with E-state index in [0.717, 1.165) is 84.4 Å². The maximum atomic E-state index is 6.74. The van der Waals surface area contributed by atoms with Gasteiger partial charge in [-0.05, 0) is 121 Å². The average molecular weight is 592 g/mol. The highest BCUT2D eigenvalue weighted by molar-refractivity contribution is 5.06. The molecular weight excluding hydrogens is 526 g/mol. The Kier molecular flexibility index (Phi) is 9.57. The number of hydrogen-bond acceptors (Lipinski definition) is 7. The molecule has 3 heterocycles. The zero-order valence-electron chi connectivity index (χ0n) is 29.0. The topological polar surface area (TPSA) is 46.6 Å². The van der Waals surface area contributed by atoms with Crippen LogP contribution in [0, 0.1) is 0 Å². The second kappa shape index (κ2) is 12.1. The van der Waals surface area contributed by atoms with E-state index in [1.54, 1.807) is 0 Å². The number of rotatable bonds is 10. The number of likely N-dealkylation sites (tertiary alicyclic amines) is 2. The van der Waals surface area contributed by atoms with Crippen molar-refractivity contribution < 1.29 is 18.9 Å². The van der Waals surface area contributed by atoms with Crippen molar-refractivity contribution in [1.29, 1.82) is 0 Å². The third kappa shape index (κ3) is 8.30. The van der Waals surface area contributed by atoms with Crippen molar-refractivity contribution in [3.8, 4) is 0 Å². The number of hydrogen-bond donors (Lipinski definition) is 0. The average Bonchev–Trinajstić information content (AvgIpc) is 2.81. The molecule has 7 nitrogen and oxygen atoms in total. The fourth-order valence-corrected chi connectivity index (χ4v) is 7.80. The summed E-state index contributed by atoms with van der Waals surface area (Å²) in [5.74, 6) is 0. The first-order chi connectivity index (χ1) is 19.4. The quantitative estimate of drug-likeness (QED) is 0.314. The number of piperidine rings is 1. The van der Waals surface area contributed by atoms with Gasteiger partial charge < -0.3 is 18.9 Å². The maximum absolute atomic E-state index is 6.74. The van der Waals surface area contributed by atoms with Crippen LogP contribution in [0.3, 0.4) is 0 Å². The van der Waals surface area contributed by atoms with E-state index in [4.69, 9.17) is 18.9 Å². The molecule has 244 valence electrons. The smallest absolute Gasteiger partial charge is 0.106 e. The van der Waals surface area contributed by atoms with E-state index in [1.165, 1.54) is 12.8 Å². The normalized spacial score (nSPS) is 32.4. The maximum Gasteiger partial charge on any atom is 0.106 e. The van der Waals surface area contributed by atoms with Crippen molar-refractivity contribution in [1.82, 2.24) is 14.7 Å². The van der Waals surface area contributed by atoms with Gasteiger partial charge in [0.25, 0.3) is 0 Å². The highest BCUT2D eigenvalue weighted by Crippen LogP contribution is 2.40. The summed E-state index contributed by atoms with van der Waals surface area (Å²) >= 11 is 0. The summed E-state index contributed by atoms with van der Waals surface area (Å²) in [5.41, 5.74) is 0.340. The van der Waals surface area contributed by atoms with E-state index in [1.807, 2.05) is 0 Å². The predicted molar refractivity (Wildman–Crippen MR) is 170 cm³/mol. The van der Waals surface area contributed by atoms with Gasteiger partial charge in [0.05, 0.1) is 42.2 Å². The van der Waals surface area contributed by atoms with E-state index in [2.05, 4.69) is 83.9 Å². The van der Waals surface area contributed by atoms with E-state index in [0.29, 0.717) is 30.5 Å². The molecule has 5 aliphatic rings. The Hall–Kier alpha value is -0.280. The fraction of sp³-hybridized carbons (Fsp3) is 1.00. The summed E-state index contributed by atoms with van der Waals surface area (Å²) in [6.45, 7) is 30.3. The summed E-state index contributed by atoms with van der Waals surface area (Å²) in [6, 6.07) is 0.659. The zero-order chi connectivity index (χ0) is 30.6. The van der Waals surface area contributed by atoms with Crippen molar-refractivity contribution in [2.45, 2.75) is 179 Å². The molecule has 0 aromatic rings. The van der Waals surface area contributed by atoms with Crippen LogP contribution in [0.1, 0.15) is 121 Å². The molecular formula is C35H65N3O4. The molecule has 5 rings (SSSR count). The Morgan fingerprint density at radius 2 is 1.29 bits per heavy atom. The lowest BCUT2D eigenvalue weighted by atomic mass is 9.82. The number of nitrogens with zero attached hydrogens (tertiary/aromatic N) is 3. The van der Waals surface area contributed by atoms with Crippen LogP contribution in [-0.2, 0) is 18.9 Å². The summed E-state index contributed by atoms with van der Waals surface area (Å²) in [6.07, 6.45) is 10.6. The molecule has 3 saturated heterocycles. The van der Waals surface area contributed by atoms with Crippen molar-refractivity contribution in [3.63, 3.8) is 0 Å². The molecule has 0 N–H and O–H groups in total. The molecule has 0 atom stereocenters. The molecule has 5 fully saturated rings. The fourth-order valence-electron chi connectivity index (χ4n) is 7.80. The predicted octanol–water partition coefficient (Wildman–Crippen LogP) is 5.88. The van der Waals surface area contributed by atoms with Gasteiger partial charge in [-0.15, -0.1) is 0 Å². The summed E-state index contributed by atoms with van der Waals surface area (Å²) in [4.78, 5) is 7.96. The first-order valence-electron chi connectivity index (χ1n) is 17.3. The molecule has 2 aliphatic carbocycles. The Morgan fingerprint density at radius 1 is 0.667 bits per heavy atom. The van der Waals surface area contributed by atoms with Gasteiger partial charge in [-0.1, -0.05) is 0 Å². The van der Waals surface area contributed by atoms with Crippen molar-refractivity contribution in [2.75, 3.05) is 45.9 Å². The van der Waals surface area contributed by atoms with Gasteiger partial charge in [-0.2, -0.15) is 0 Å². The van der Waals surface area contributed by atoms with Gasteiger partial charge in [0.1, 0.15) is 5.60 Å². The lowest BCUT2D eigenvalue weighted by Crippen LogP contribution is -2.74. The first-order valence-corrected chi connectivity index (χ1v) is 17.3. The van der Waals surface area contributed by atoms with Crippen molar-refractivity contribution >= 4 is 0 Å². The molecule has 0 amide bonds. The first kappa shape index (κ1) is 33.1. The van der Waals surface area contributed by atoms with Crippen LogP contribution in [0.2, 0.25) is 0 Å². The van der Waals surface area contributed by atoms with Crippen LogP contribution in [0.4, 0.5) is 0 Å². The van der Waals surface area contributed by atoms with Crippen LogP contribution in [0.15, 0.2) is 0 Å². The minimum absolute atomic E-state index is 0.0517. The van der Waals surface area contributed by atoms with Gasteiger partial charge in [0, 0.05) is 56.4 Å². The Bertz CT molecular complexity index is 883. The Labute approximate surface area is 258 Å². The van der Waals surface area contributed by atoms with Crippen LogP contribution in [0.5, 0.6) is 0 Å². The lowest BCUT2D eigenvalue weighted by Gasteiger charge is -2.59. The second-order valence-electron chi connectivity index (χ2n) is 17.7. The molecule has 0 radical (unpaired) electrons. The minimum atomic E-state index is -0.0857. The zero-order valence-corrected chi connectivity index (χ0v) is 29.0. The van der Waals surface area contributed by atoms with Crippen LogP contribution >= 0.6 is 0 Å². The van der Waals surface area contributed by atoms with Crippen LogP contribution in [-0.4, -0.2) is 119 Å². The van der Waals surface area contributed by atoms with Gasteiger partial charge in [-0.3, -0.25) is 14.7 Å². The third-order valence-electron chi connectivity index (χ3n) is 10.9. The van der Waals surface area contributed by atoms with Crippen LogP contribution in [0.25, 0.3) is 0 Å².